The van der Waals surface area contributed by atoms with Gasteiger partial charge in [-0.1, -0.05) is 43.0 Å². The second-order valence-electron chi connectivity index (χ2n) is 7.58. The zero-order valence-electron chi connectivity index (χ0n) is 16.7. The average molecular weight is 454 g/mol. The van der Waals surface area contributed by atoms with Gasteiger partial charge in [-0.3, -0.25) is 14.6 Å². The molecule has 1 saturated carbocycles. The molecular weight excluding hydrogens is 431 g/mol. The molecule has 1 aliphatic carbocycles. The van der Waals surface area contributed by atoms with Gasteiger partial charge in [0.25, 0.3) is 0 Å². The minimum atomic E-state index is -5.14. The summed E-state index contributed by atoms with van der Waals surface area (Å²) < 4.78 is 40.5. The van der Waals surface area contributed by atoms with Crippen molar-refractivity contribution in [2.24, 2.45) is 0 Å². The van der Waals surface area contributed by atoms with E-state index in [1.807, 2.05) is 0 Å². The van der Waals surface area contributed by atoms with E-state index < -0.39 is 30.6 Å². The molecule has 1 atom stereocenters. The van der Waals surface area contributed by atoms with Crippen LogP contribution in [0.4, 0.5) is 13.2 Å². The quantitative estimate of drug-likeness (QED) is 0.682. The number of pyridine rings is 1. The van der Waals surface area contributed by atoms with Crippen molar-refractivity contribution in [2.75, 3.05) is 0 Å². The Kier molecular flexibility index (Phi) is 7.54. The number of nitrogens with one attached hydrogen (secondary N) is 1. The Bertz CT molecular complexity index is 885. The van der Waals surface area contributed by atoms with Crippen LogP contribution in [0.25, 0.3) is 0 Å². The second-order valence-corrected chi connectivity index (χ2v) is 8.02. The first-order valence-corrected chi connectivity index (χ1v) is 10.5. The van der Waals surface area contributed by atoms with Crippen LogP contribution < -0.4 is 5.32 Å². The summed E-state index contributed by atoms with van der Waals surface area (Å²) in [4.78, 5) is 30.1. The molecule has 1 aliphatic rings. The van der Waals surface area contributed by atoms with E-state index in [1.165, 1.54) is 48.8 Å². The van der Waals surface area contributed by atoms with Crippen LogP contribution >= 0.6 is 11.6 Å². The molecule has 1 aromatic carbocycles. The Morgan fingerprint density at radius 1 is 1.06 bits per heavy atom. The number of hydrogen-bond donors (Lipinski definition) is 1. The summed E-state index contributed by atoms with van der Waals surface area (Å²) in [5, 5.41) is 3.27. The molecule has 0 radical (unpaired) electrons. The molecule has 1 N–H and O–H groups in total. The smallest absolute Gasteiger partial charge is 0.351 e. The fraction of sp³-hybridized carbons (Fsp3) is 0.409. The van der Waals surface area contributed by atoms with Crippen LogP contribution in [-0.2, 0) is 16.1 Å². The van der Waals surface area contributed by atoms with Crippen molar-refractivity contribution in [3.05, 3.63) is 64.9 Å². The van der Waals surface area contributed by atoms with Crippen LogP contribution in [0.15, 0.2) is 48.8 Å². The number of alkyl halides is 3. The third-order valence-corrected chi connectivity index (χ3v) is 5.55. The zero-order valence-corrected chi connectivity index (χ0v) is 17.5. The van der Waals surface area contributed by atoms with Gasteiger partial charge in [0.1, 0.15) is 6.04 Å². The lowest BCUT2D eigenvalue weighted by molar-refractivity contribution is -0.189. The summed E-state index contributed by atoms with van der Waals surface area (Å²) in [6, 6.07) is 7.43. The Morgan fingerprint density at radius 3 is 2.26 bits per heavy atom. The van der Waals surface area contributed by atoms with Crippen molar-refractivity contribution in [1.82, 2.24) is 15.2 Å². The molecule has 2 amide bonds. The molecule has 31 heavy (non-hydrogen) atoms. The predicted octanol–water partition coefficient (Wildman–Crippen LogP) is 4.82. The molecule has 1 aromatic heterocycles. The highest BCUT2D eigenvalue weighted by Gasteiger charge is 2.46. The summed E-state index contributed by atoms with van der Waals surface area (Å²) in [6.07, 6.45) is 2.11. The molecular formula is C22H23ClF3N3O2. The van der Waals surface area contributed by atoms with Crippen LogP contribution in [0, 0.1) is 0 Å². The van der Waals surface area contributed by atoms with Crippen molar-refractivity contribution in [1.29, 1.82) is 0 Å². The summed E-state index contributed by atoms with van der Waals surface area (Å²) in [5.74, 6) is -2.72. The maximum atomic E-state index is 13.5. The van der Waals surface area contributed by atoms with E-state index in [2.05, 4.69) is 10.3 Å². The average Bonchev–Trinajstić information content (AvgIpc) is 2.75. The second kappa shape index (κ2) is 10.1. The highest BCUT2D eigenvalue weighted by molar-refractivity contribution is 6.30. The lowest BCUT2D eigenvalue weighted by Gasteiger charge is -2.33. The van der Waals surface area contributed by atoms with Gasteiger partial charge in [0.2, 0.25) is 5.91 Å². The van der Waals surface area contributed by atoms with E-state index in [-0.39, 0.29) is 11.6 Å². The molecule has 5 nitrogen and oxygen atoms in total. The van der Waals surface area contributed by atoms with Crippen LogP contribution in [0.5, 0.6) is 0 Å². The number of amides is 2. The van der Waals surface area contributed by atoms with Crippen molar-refractivity contribution in [2.45, 2.75) is 56.9 Å². The molecule has 3 rings (SSSR count). The number of rotatable bonds is 6. The standard InChI is InChI=1S/C22H23ClF3N3O2/c23-17-8-6-15(7-9-17)14-29(21(31)22(24,25)26)19(16-10-12-27-13-11-16)20(30)28-18-4-2-1-3-5-18/h6-13,18-19H,1-5,14H2,(H,28,30)/t19-/m0/s1. The van der Waals surface area contributed by atoms with Gasteiger partial charge in [-0.05, 0) is 48.2 Å². The van der Waals surface area contributed by atoms with Crippen LogP contribution in [0.2, 0.25) is 5.02 Å². The Hall–Kier alpha value is -2.61. The molecule has 1 fully saturated rings. The fourth-order valence-electron chi connectivity index (χ4n) is 3.78. The predicted molar refractivity (Wildman–Crippen MR) is 110 cm³/mol. The molecule has 1 heterocycles. The number of aromatic nitrogens is 1. The van der Waals surface area contributed by atoms with E-state index in [4.69, 9.17) is 11.6 Å². The van der Waals surface area contributed by atoms with Gasteiger partial charge >= 0.3 is 12.1 Å². The number of carbonyl (C=O) groups excluding carboxylic acids is 2. The largest absolute Gasteiger partial charge is 0.471 e. The molecule has 2 aromatic rings. The topological polar surface area (TPSA) is 62.3 Å². The highest BCUT2D eigenvalue weighted by atomic mass is 35.5. The van der Waals surface area contributed by atoms with Crippen molar-refractivity contribution < 1.29 is 22.8 Å². The molecule has 0 aliphatic heterocycles. The zero-order chi connectivity index (χ0) is 22.4. The highest BCUT2D eigenvalue weighted by Crippen LogP contribution is 2.30. The van der Waals surface area contributed by atoms with Crippen LogP contribution in [-0.4, -0.2) is 33.9 Å². The molecule has 0 saturated heterocycles. The van der Waals surface area contributed by atoms with Crippen LogP contribution in [0.1, 0.15) is 49.3 Å². The van der Waals surface area contributed by atoms with E-state index in [9.17, 15) is 22.8 Å². The number of benzene rings is 1. The third kappa shape index (κ3) is 6.19. The maximum Gasteiger partial charge on any atom is 0.471 e. The van der Waals surface area contributed by atoms with Gasteiger partial charge < -0.3 is 10.2 Å². The van der Waals surface area contributed by atoms with E-state index in [0.29, 0.717) is 15.5 Å². The number of halogens is 4. The summed E-state index contributed by atoms with van der Waals surface area (Å²) in [5.41, 5.74) is 0.682. The fourth-order valence-corrected chi connectivity index (χ4v) is 3.90. The van der Waals surface area contributed by atoms with Gasteiger partial charge in [-0.15, -0.1) is 0 Å². The Labute approximate surface area is 183 Å². The van der Waals surface area contributed by atoms with E-state index in [1.54, 1.807) is 0 Å². The molecule has 0 bridgehead atoms. The van der Waals surface area contributed by atoms with Gasteiger partial charge in [0, 0.05) is 30.0 Å². The van der Waals surface area contributed by atoms with Gasteiger partial charge in [-0.2, -0.15) is 13.2 Å². The normalized spacial score (nSPS) is 15.9. The van der Waals surface area contributed by atoms with Gasteiger partial charge in [0.05, 0.1) is 0 Å². The third-order valence-electron chi connectivity index (χ3n) is 5.30. The summed E-state index contributed by atoms with van der Waals surface area (Å²) in [7, 11) is 0. The van der Waals surface area contributed by atoms with Crippen molar-refractivity contribution in [3.8, 4) is 0 Å². The first kappa shape index (κ1) is 23.1. The lowest BCUT2D eigenvalue weighted by Crippen LogP contribution is -2.50. The molecule has 9 heteroatoms. The Morgan fingerprint density at radius 2 is 1.68 bits per heavy atom. The van der Waals surface area contributed by atoms with Crippen molar-refractivity contribution in [3.63, 3.8) is 0 Å². The summed E-state index contributed by atoms with van der Waals surface area (Å²) in [6.45, 7) is -0.402. The first-order valence-electron chi connectivity index (χ1n) is 10.1. The van der Waals surface area contributed by atoms with Crippen molar-refractivity contribution >= 4 is 23.4 Å². The number of carbonyl (C=O) groups is 2. The summed E-state index contributed by atoms with van der Waals surface area (Å²) >= 11 is 5.87. The van der Waals surface area contributed by atoms with E-state index >= 15 is 0 Å². The number of nitrogens with zero attached hydrogens (tertiary/aromatic N) is 2. The SMILES string of the molecule is O=C(NC1CCCCC1)[C@H](c1ccncc1)N(Cc1ccc(Cl)cc1)C(=O)C(F)(F)F. The van der Waals surface area contributed by atoms with E-state index in [0.717, 1.165) is 32.1 Å². The monoisotopic (exact) mass is 453 g/mol. The minimum Gasteiger partial charge on any atom is -0.351 e. The van der Waals surface area contributed by atoms with Gasteiger partial charge in [0.15, 0.2) is 0 Å². The van der Waals surface area contributed by atoms with Gasteiger partial charge in [-0.25, -0.2) is 0 Å². The Balaban J connectivity index is 1.97. The first-order chi connectivity index (χ1) is 14.8. The number of hydrogen-bond acceptors (Lipinski definition) is 3. The lowest BCUT2D eigenvalue weighted by atomic mass is 9.94. The molecule has 166 valence electrons. The molecule has 0 spiro atoms. The minimum absolute atomic E-state index is 0.121. The van der Waals surface area contributed by atoms with Crippen LogP contribution in [0.3, 0.4) is 0 Å². The maximum absolute atomic E-state index is 13.5. The molecule has 0 unspecified atom stereocenters.